The van der Waals surface area contributed by atoms with Crippen LogP contribution >= 0.6 is 0 Å². The molecule has 1 N–H and O–H groups in total. The Labute approximate surface area is 153 Å². The van der Waals surface area contributed by atoms with Crippen LogP contribution in [0.5, 0.6) is 5.75 Å². The normalized spacial score (nSPS) is 18.9. The van der Waals surface area contributed by atoms with Crippen molar-refractivity contribution in [1.82, 2.24) is 9.71 Å². The third-order valence-corrected chi connectivity index (χ3v) is 6.47. The highest BCUT2D eigenvalue weighted by Crippen LogP contribution is 2.32. The lowest BCUT2D eigenvalue weighted by atomic mass is 9.88. The molecule has 26 heavy (non-hydrogen) atoms. The molecular formula is C19H22N2O4S. The molecule has 1 unspecified atom stereocenters. The Bertz CT molecular complexity index is 864. The molecule has 4 rings (SSSR count). The molecule has 138 valence electrons. The smallest absolute Gasteiger partial charge is 0.241 e. The molecule has 0 aliphatic carbocycles. The SMILES string of the molecule is O=S(=O)(NC(c1cccnc1)C1CCOCC1)c1ccc2c(c1)CCO2. The molecule has 0 bridgehead atoms. The molecule has 1 saturated heterocycles. The van der Waals surface area contributed by atoms with Crippen molar-refractivity contribution < 1.29 is 17.9 Å². The third-order valence-electron chi connectivity index (χ3n) is 5.03. The Kier molecular flexibility index (Phi) is 4.93. The maximum absolute atomic E-state index is 13.1. The predicted molar refractivity (Wildman–Crippen MR) is 96.5 cm³/mol. The highest BCUT2D eigenvalue weighted by Gasteiger charge is 2.30. The average molecular weight is 374 g/mol. The van der Waals surface area contributed by atoms with Gasteiger partial charge in [0.1, 0.15) is 5.75 Å². The van der Waals surface area contributed by atoms with E-state index < -0.39 is 10.0 Å². The zero-order valence-electron chi connectivity index (χ0n) is 14.4. The Morgan fingerprint density at radius 1 is 1.15 bits per heavy atom. The maximum Gasteiger partial charge on any atom is 0.241 e. The Morgan fingerprint density at radius 3 is 2.77 bits per heavy atom. The van der Waals surface area contributed by atoms with Crippen LogP contribution in [0.3, 0.4) is 0 Å². The van der Waals surface area contributed by atoms with Gasteiger partial charge in [-0.3, -0.25) is 4.98 Å². The number of hydrogen-bond donors (Lipinski definition) is 1. The summed E-state index contributed by atoms with van der Waals surface area (Å²) in [4.78, 5) is 4.45. The van der Waals surface area contributed by atoms with E-state index in [1.54, 1.807) is 30.6 Å². The summed E-state index contributed by atoms with van der Waals surface area (Å²) in [5, 5.41) is 0. The molecule has 0 amide bonds. The monoisotopic (exact) mass is 374 g/mol. The number of nitrogens with zero attached hydrogens (tertiary/aromatic N) is 1. The lowest BCUT2D eigenvalue weighted by Crippen LogP contribution is -2.36. The van der Waals surface area contributed by atoms with Gasteiger partial charge >= 0.3 is 0 Å². The van der Waals surface area contributed by atoms with Gasteiger partial charge in [0.15, 0.2) is 0 Å². The second kappa shape index (κ2) is 7.34. The first-order valence-electron chi connectivity index (χ1n) is 8.89. The fourth-order valence-corrected chi connectivity index (χ4v) is 4.95. The molecule has 0 saturated carbocycles. The Balaban J connectivity index is 1.63. The molecular weight excluding hydrogens is 352 g/mol. The highest BCUT2D eigenvalue weighted by molar-refractivity contribution is 7.89. The lowest BCUT2D eigenvalue weighted by molar-refractivity contribution is 0.0564. The molecule has 7 heteroatoms. The number of hydrogen-bond acceptors (Lipinski definition) is 5. The van der Waals surface area contributed by atoms with Gasteiger partial charge in [0.2, 0.25) is 10.0 Å². The standard InChI is InChI=1S/C19H22N2O4S/c22-26(23,17-3-4-18-15(12-17)7-11-25-18)21-19(14-5-9-24-10-6-14)16-2-1-8-20-13-16/h1-4,8,12-14,19,21H,5-7,9-11H2. The van der Waals surface area contributed by atoms with Crippen molar-refractivity contribution in [3.63, 3.8) is 0 Å². The van der Waals surface area contributed by atoms with Crippen LogP contribution in [0.4, 0.5) is 0 Å². The van der Waals surface area contributed by atoms with E-state index >= 15 is 0 Å². The van der Waals surface area contributed by atoms with Gasteiger partial charge < -0.3 is 9.47 Å². The zero-order chi connectivity index (χ0) is 18.0. The number of sulfonamides is 1. The molecule has 0 spiro atoms. The fourth-order valence-electron chi connectivity index (χ4n) is 3.61. The first kappa shape index (κ1) is 17.5. The van der Waals surface area contributed by atoms with Gasteiger partial charge in [-0.1, -0.05) is 6.07 Å². The summed E-state index contributed by atoms with van der Waals surface area (Å²) in [6.07, 6.45) is 5.81. The van der Waals surface area contributed by atoms with Gasteiger partial charge in [0.25, 0.3) is 0 Å². The van der Waals surface area contributed by atoms with Crippen LogP contribution in [0.2, 0.25) is 0 Å². The van der Waals surface area contributed by atoms with Crippen molar-refractivity contribution in [3.05, 3.63) is 53.9 Å². The number of benzene rings is 1. The van der Waals surface area contributed by atoms with Crippen molar-refractivity contribution in [3.8, 4) is 5.75 Å². The zero-order valence-corrected chi connectivity index (χ0v) is 15.2. The van der Waals surface area contributed by atoms with Crippen molar-refractivity contribution in [2.45, 2.75) is 30.2 Å². The van der Waals surface area contributed by atoms with Crippen LogP contribution in [0.15, 0.2) is 47.6 Å². The van der Waals surface area contributed by atoms with Gasteiger partial charge in [-0.05, 0) is 54.2 Å². The molecule has 1 fully saturated rings. The topological polar surface area (TPSA) is 77.5 Å². The molecule has 1 atom stereocenters. The van der Waals surface area contributed by atoms with E-state index in [-0.39, 0.29) is 16.9 Å². The molecule has 3 heterocycles. The number of pyridine rings is 1. The van der Waals surface area contributed by atoms with Gasteiger partial charge in [-0.2, -0.15) is 0 Å². The van der Waals surface area contributed by atoms with E-state index in [2.05, 4.69) is 9.71 Å². The molecule has 2 aliphatic heterocycles. The van der Waals surface area contributed by atoms with Crippen LogP contribution < -0.4 is 9.46 Å². The summed E-state index contributed by atoms with van der Waals surface area (Å²) >= 11 is 0. The Hall–Kier alpha value is -1.96. The molecule has 6 nitrogen and oxygen atoms in total. The van der Waals surface area contributed by atoms with Gasteiger partial charge in [-0.25, -0.2) is 13.1 Å². The average Bonchev–Trinajstić information content (AvgIpc) is 3.15. The second-order valence-corrected chi connectivity index (χ2v) is 8.42. The summed E-state index contributed by atoms with van der Waals surface area (Å²) < 4.78 is 40.0. The first-order chi connectivity index (χ1) is 12.6. The van der Waals surface area contributed by atoms with E-state index in [9.17, 15) is 8.42 Å². The summed E-state index contributed by atoms with van der Waals surface area (Å²) in [7, 11) is -3.65. The van der Waals surface area contributed by atoms with Crippen LogP contribution in [0.1, 0.15) is 30.0 Å². The van der Waals surface area contributed by atoms with E-state index in [0.29, 0.717) is 19.8 Å². The third kappa shape index (κ3) is 3.60. The van der Waals surface area contributed by atoms with Crippen LogP contribution in [-0.4, -0.2) is 33.2 Å². The number of aromatic nitrogens is 1. The number of fused-ring (bicyclic) bond motifs is 1. The van der Waals surface area contributed by atoms with Crippen molar-refractivity contribution in [2.75, 3.05) is 19.8 Å². The summed E-state index contributed by atoms with van der Waals surface area (Å²) in [6.45, 7) is 1.91. The van der Waals surface area contributed by atoms with E-state index in [1.807, 2.05) is 12.1 Å². The molecule has 2 aliphatic rings. The summed E-state index contributed by atoms with van der Waals surface area (Å²) in [5.74, 6) is 0.956. The maximum atomic E-state index is 13.1. The van der Waals surface area contributed by atoms with Crippen LogP contribution in [0, 0.1) is 5.92 Å². The number of nitrogens with one attached hydrogen (secondary N) is 1. The number of ether oxygens (including phenoxy) is 2. The van der Waals surface area contributed by atoms with Crippen molar-refractivity contribution in [2.24, 2.45) is 5.92 Å². The fraction of sp³-hybridized carbons (Fsp3) is 0.421. The van der Waals surface area contributed by atoms with Gasteiger partial charge in [0, 0.05) is 32.0 Å². The molecule has 0 radical (unpaired) electrons. The summed E-state index contributed by atoms with van der Waals surface area (Å²) in [6, 6.07) is 8.51. The van der Waals surface area contributed by atoms with E-state index in [1.165, 1.54) is 0 Å². The minimum absolute atomic E-state index is 0.181. The number of rotatable bonds is 5. The molecule has 1 aromatic carbocycles. The molecule has 1 aromatic heterocycles. The van der Waals surface area contributed by atoms with E-state index in [4.69, 9.17) is 9.47 Å². The minimum atomic E-state index is -3.65. The second-order valence-electron chi connectivity index (χ2n) is 6.70. The lowest BCUT2D eigenvalue weighted by Gasteiger charge is -2.31. The summed E-state index contributed by atoms with van der Waals surface area (Å²) in [5.41, 5.74) is 1.82. The first-order valence-corrected chi connectivity index (χ1v) is 10.4. The van der Waals surface area contributed by atoms with E-state index in [0.717, 1.165) is 36.1 Å². The Morgan fingerprint density at radius 2 is 2.00 bits per heavy atom. The largest absolute Gasteiger partial charge is 0.493 e. The van der Waals surface area contributed by atoms with Crippen molar-refractivity contribution in [1.29, 1.82) is 0 Å². The van der Waals surface area contributed by atoms with Crippen molar-refractivity contribution >= 4 is 10.0 Å². The highest BCUT2D eigenvalue weighted by atomic mass is 32.2. The van der Waals surface area contributed by atoms with Gasteiger partial charge in [0.05, 0.1) is 17.5 Å². The minimum Gasteiger partial charge on any atom is -0.493 e. The molecule has 2 aromatic rings. The van der Waals surface area contributed by atoms with Crippen LogP contribution in [-0.2, 0) is 21.2 Å². The quantitative estimate of drug-likeness (QED) is 0.870. The predicted octanol–water partition coefficient (Wildman–Crippen LogP) is 2.46. The van der Waals surface area contributed by atoms with Crippen LogP contribution in [0.25, 0.3) is 0 Å². The van der Waals surface area contributed by atoms with Gasteiger partial charge in [-0.15, -0.1) is 0 Å².